The molecule has 75 heavy (non-hydrogen) atoms. The van der Waals surface area contributed by atoms with Crippen LogP contribution in [0, 0.1) is 55.4 Å². The topological polar surface area (TPSA) is 88.6 Å². The van der Waals surface area contributed by atoms with E-state index >= 15 is 0 Å². The van der Waals surface area contributed by atoms with Crippen LogP contribution in [0.1, 0.15) is 104 Å². The summed E-state index contributed by atoms with van der Waals surface area (Å²) >= 11 is 0. The highest BCUT2D eigenvalue weighted by atomic mass is 16.1. The summed E-state index contributed by atoms with van der Waals surface area (Å²) in [6.45, 7) is 17.6. The smallest absolute Gasteiger partial charge is 0.143 e. The average Bonchev–Trinajstić information content (AvgIpc) is 4.18. The minimum atomic E-state index is 0.310. The lowest BCUT2D eigenvalue weighted by Crippen LogP contribution is -2.11. The number of hydrogen-bond donors (Lipinski definition) is 1. The first-order valence-corrected chi connectivity index (χ1v) is 26.1. The maximum Gasteiger partial charge on any atom is 0.143 e. The maximum absolute atomic E-state index is 11.5. The number of pyridine rings is 2. The number of rotatable bonds is 15. The van der Waals surface area contributed by atoms with E-state index in [-0.39, 0.29) is 0 Å². The Labute approximate surface area is 444 Å². The van der Waals surface area contributed by atoms with E-state index in [9.17, 15) is 4.79 Å². The van der Waals surface area contributed by atoms with Crippen molar-refractivity contribution in [2.75, 3.05) is 0 Å². The van der Waals surface area contributed by atoms with Crippen molar-refractivity contribution in [2.45, 2.75) is 93.5 Å². The molecule has 8 nitrogen and oxygen atoms in total. The molecule has 0 bridgehead atoms. The van der Waals surface area contributed by atoms with Gasteiger partial charge in [0.05, 0.1) is 0 Å². The van der Waals surface area contributed by atoms with Crippen molar-refractivity contribution < 1.29 is 4.79 Å². The number of hydrogen-bond acceptors (Lipinski definition) is 4. The summed E-state index contributed by atoms with van der Waals surface area (Å²) in [6.07, 6.45) is 7.06. The van der Waals surface area contributed by atoms with Gasteiger partial charge in [-0.25, -0.2) is 9.97 Å². The lowest BCUT2D eigenvalue weighted by molar-refractivity contribution is -0.104. The number of aryl methyl sites for hydroxylation is 9. The van der Waals surface area contributed by atoms with Gasteiger partial charge in [-0.3, -0.25) is 4.79 Å². The molecule has 0 spiro atoms. The van der Waals surface area contributed by atoms with Crippen molar-refractivity contribution in [3.8, 4) is 23.3 Å². The average molecular weight is 990 g/mol. The second kappa shape index (κ2) is 25.1. The van der Waals surface area contributed by atoms with E-state index in [0.29, 0.717) is 12.5 Å². The molecule has 6 heterocycles. The van der Waals surface area contributed by atoms with Gasteiger partial charge >= 0.3 is 0 Å². The van der Waals surface area contributed by atoms with E-state index in [1.54, 1.807) is 6.08 Å². The van der Waals surface area contributed by atoms with Crippen molar-refractivity contribution in [1.82, 2.24) is 28.2 Å². The molecule has 0 aliphatic heterocycles. The third kappa shape index (κ3) is 12.9. The van der Waals surface area contributed by atoms with Crippen molar-refractivity contribution in [1.29, 1.82) is 0 Å². The zero-order valence-corrected chi connectivity index (χ0v) is 44.9. The Morgan fingerprint density at radius 3 is 1.16 bits per heavy atom. The summed E-state index contributed by atoms with van der Waals surface area (Å²) in [5, 5.41) is 0. The quantitative estimate of drug-likeness (QED) is 0.0630. The van der Waals surface area contributed by atoms with E-state index in [0.717, 1.165) is 81.9 Å². The van der Waals surface area contributed by atoms with E-state index in [1.165, 1.54) is 57.9 Å². The van der Waals surface area contributed by atoms with Crippen LogP contribution in [0.3, 0.4) is 0 Å². The third-order valence-corrected chi connectivity index (χ3v) is 14.0. The summed E-state index contributed by atoms with van der Waals surface area (Å²) in [7, 11) is 0. The standard InChI is InChI=1S/C34H37N3.C26H25N3O.C7H9N/c1-25-19-20-26(2)36(25)33-23-31(24-34(35-33)37-27(3)21-22-28(37)4)32(30-16-9-6-10-17-30)18-12-11-15-29-13-7-5-8-14-29;1-18-10-11-19(2)28(18)25-16-23(24(14-15-30)22-8-6-5-7-9-22)17-26(27-25)29-20(3)12-13-21(29)4;8-6-7-4-2-1-3-5-7/h5-10,13-14,16-17,19-24,32H,11-12,15,18H2,1-4H3;5-17H,1-4H3;1-5H,6,8H2/b;24-14-;. The molecule has 0 saturated carbocycles. The maximum atomic E-state index is 11.5. The van der Waals surface area contributed by atoms with Crippen molar-refractivity contribution in [3.63, 3.8) is 0 Å². The predicted molar refractivity (Wildman–Crippen MR) is 310 cm³/mol. The fourth-order valence-electron chi connectivity index (χ4n) is 10.1. The van der Waals surface area contributed by atoms with Crippen molar-refractivity contribution >= 4 is 11.9 Å². The van der Waals surface area contributed by atoms with Gasteiger partial charge in [0.2, 0.25) is 0 Å². The summed E-state index contributed by atoms with van der Waals surface area (Å²) in [5.41, 5.74) is 22.7. The molecule has 4 aromatic carbocycles. The fourth-order valence-corrected chi connectivity index (χ4v) is 10.1. The number of nitrogens with two attached hydrogens (primary N) is 1. The Kier molecular flexibility index (Phi) is 17.7. The molecule has 0 amide bonds. The number of unbranched alkanes of at least 4 members (excludes halogenated alkanes) is 1. The molecule has 8 heteroatoms. The molecule has 0 radical (unpaired) electrons. The minimum Gasteiger partial charge on any atom is -0.326 e. The van der Waals surface area contributed by atoms with Gasteiger partial charge in [0, 0.05) is 58.0 Å². The molecule has 2 N–H and O–H groups in total. The molecule has 6 aromatic heterocycles. The third-order valence-electron chi connectivity index (χ3n) is 14.0. The summed E-state index contributed by atoms with van der Waals surface area (Å²) in [4.78, 5) is 21.7. The molecule has 1 unspecified atom stereocenters. The summed E-state index contributed by atoms with van der Waals surface area (Å²) < 4.78 is 8.84. The zero-order chi connectivity index (χ0) is 52.8. The van der Waals surface area contributed by atoms with Crippen LogP contribution >= 0.6 is 0 Å². The van der Waals surface area contributed by atoms with Gasteiger partial charge in [0.25, 0.3) is 0 Å². The monoisotopic (exact) mass is 990 g/mol. The zero-order valence-electron chi connectivity index (χ0n) is 44.9. The highest BCUT2D eigenvalue weighted by Crippen LogP contribution is 2.34. The number of aldehydes is 1. The van der Waals surface area contributed by atoms with Gasteiger partial charge in [-0.05, 0) is 192 Å². The van der Waals surface area contributed by atoms with Gasteiger partial charge < -0.3 is 24.0 Å². The normalized spacial score (nSPS) is 11.6. The van der Waals surface area contributed by atoms with Crippen LogP contribution in [-0.4, -0.2) is 34.5 Å². The lowest BCUT2D eigenvalue weighted by Gasteiger charge is -2.22. The molecular formula is C67H71N7O. The van der Waals surface area contributed by atoms with Crippen LogP contribution in [0.2, 0.25) is 0 Å². The molecular weight excluding hydrogens is 919 g/mol. The SMILES string of the molecule is Cc1ccc(C)n1-c1cc(/C(=C\C=O)c2ccccc2)cc(-n2c(C)ccc2C)n1.Cc1ccc(C)n1-c1cc(C(CCCCc2ccccc2)c2ccccc2)cc(-n2c(C)ccc2C)n1.NCc1ccccc1. The minimum absolute atomic E-state index is 0.310. The first-order chi connectivity index (χ1) is 36.4. The Morgan fingerprint density at radius 1 is 0.427 bits per heavy atom. The molecule has 1 atom stereocenters. The van der Waals surface area contributed by atoms with Crippen LogP contribution in [0.4, 0.5) is 0 Å². The highest BCUT2D eigenvalue weighted by molar-refractivity contribution is 5.90. The Morgan fingerprint density at radius 2 is 0.787 bits per heavy atom. The number of nitrogens with zero attached hydrogens (tertiary/aromatic N) is 6. The van der Waals surface area contributed by atoms with Gasteiger partial charge in [-0.1, -0.05) is 128 Å². The van der Waals surface area contributed by atoms with E-state index in [1.807, 2.05) is 60.7 Å². The molecule has 0 saturated heterocycles. The van der Waals surface area contributed by atoms with Crippen molar-refractivity contribution in [2.24, 2.45) is 5.73 Å². The summed E-state index contributed by atoms with van der Waals surface area (Å²) in [6, 6.07) is 67.6. The highest BCUT2D eigenvalue weighted by Gasteiger charge is 2.20. The molecule has 10 rings (SSSR count). The number of carbonyl (C=O) groups excluding carboxylic acids is 1. The van der Waals surface area contributed by atoms with Gasteiger partial charge in [0.15, 0.2) is 0 Å². The van der Waals surface area contributed by atoms with Crippen LogP contribution in [0.15, 0.2) is 200 Å². The number of carbonyl (C=O) groups is 1. The number of allylic oxidation sites excluding steroid dienone is 1. The molecule has 0 fully saturated rings. The molecule has 0 aliphatic rings. The molecule has 0 aliphatic carbocycles. The second-order valence-electron chi connectivity index (χ2n) is 19.5. The Hall–Kier alpha value is -8.33. The Bertz CT molecular complexity index is 3260. The first kappa shape index (κ1) is 53.0. The molecule has 380 valence electrons. The number of aromatic nitrogens is 6. The Balaban J connectivity index is 0.000000176. The van der Waals surface area contributed by atoms with Crippen molar-refractivity contribution in [3.05, 3.63) is 279 Å². The van der Waals surface area contributed by atoms with Gasteiger partial charge in [-0.2, -0.15) is 0 Å². The largest absolute Gasteiger partial charge is 0.326 e. The van der Waals surface area contributed by atoms with E-state index < -0.39 is 0 Å². The van der Waals surface area contributed by atoms with E-state index in [2.05, 4.69) is 207 Å². The number of benzene rings is 4. The predicted octanol–water partition coefficient (Wildman–Crippen LogP) is 15.1. The van der Waals surface area contributed by atoms with Crippen LogP contribution in [0.5, 0.6) is 0 Å². The lowest BCUT2D eigenvalue weighted by atomic mass is 9.86. The van der Waals surface area contributed by atoms with Crippen LogP contribution < -0.4 is 5.73 Å². The van der Waals surface area contributed by atoms with Crippen LogP contribution in [0.25, 0.3) is 28.8 Å². The first-order valence-electron chi connectivity index (χ1n) is 26.1. The fraction of sp³-hybridized carbons (Fsp3) is 0.209. The van der Waals surface area contributed by atoms with E-state index in [4.69, 9.17) is 15.7 Å². The van der Waals surface area contributed by atoms with Gasteiger partial charge in [0.1, 0.15) is 29.6 Å². The second-order valence-corrected chi connectivity index (χ2v) is 19.5. The molecule has 10 aromatic rings. The van der Waals surface area contributed by atoms with Gasteiger partial charge in [-0.15, -0.1) is 0 Å². The summed E-state index contributed by atoms with van der Waals surface area (Å²) in [5.74, 6) is 3.96. The van der Waals surface area contributed by atoms with Crippen LogP contribution in [-0.2, 0) is 17.8 Å².